The average molecular weight is 283 g/mol. The molecule has 1 saturated carbocycles. The molecule has 4 nitrogen and oxygen atoms in total. The molecule has 0 aromatic rings. The Morgan fingerprint density at radius 2 is 2.00 bits per heavy atom. The maximum Gasteiger partial charge on any atom is 0.237 e. The summed E-state index contributed by atoms with van der Waals surface area (Å²) in [7, 11) is 0. The van der Waals surface area contributed by atoms with Gasteiger partial charge in [-0.25, -0.2) is 0 Å². The van der Waals surface area contributed by atoms with Gasteiger partial charge in [-0.1, -0.05) is 27.2 Å². The predicted molar refractivity (Wildman–Crippen MR) is 84.5 cm³/mol. The van der Waals surface area contributed by atoms with Crippen LogP contribution in [0.25, 0.3) is 0 Å². The molecule has 0 aliphatic heterocycles. The second kappa shape index (κ2) is 7.41. The third-order valence-corrected chi connectivity index (χ3v) is 4.62. The van der Waals surface area contributed by atoms with Crippen molar-refractivity contribution in [3.63, 3.8) is 0 Å². The van der Waals surface area contributed by atoms with Crippen molar-refractivity contribution < 1.29 is 4.79 Å². The van der Waals surface area contributed by atoms with E-state index < -0.39 is 5.54 Å². The summed E-state index contributed by atoms with van der Waals surface area (Å²) in [5, 5.41) is 3.44. The standard InChI is InChI=1S/C16H33N3O/c1-6-12(3)11-19(7-2)13(4)10-16(5,15(17)20)18-14-8-9-14/h12-14,18H,6-11H2,1-5H3,(H2,17,20). The van der Waals surface area contributed by atoms with E-state index in [4.69, 9.17) is 5.73 Å². The van der Waals surface area contributed by atoms with E-state index >= 15 is 0 Å². The van der Waals surface area contributed by atoms with E-state index in [-0.39, 0.29) is 5.91 Å². The average Bonchev–Trinajstić information content (AvgIpc) is 3.18. The van der Waals surface area contributed by atoms with E-state index in [9.17, 15) is 4.79 Å². The van der Waals surface area contributed by atoms with Gasteiger partial charge in [0.05, 0.1) is 5.54 Å². The fourth-order valence-corrected chi connectivity index (χ4v) is 2.78. The van der Waals surface area contributed by atoms with Gasteiger partial charge in [0, 0.05) is 18.6 Å². The Morgan fingerprint density at radius 1 is 1.40 bits per heavy atom. The number of nitrogens with zero attached hydrogens (tertiary/aromatic N) is 1. The first-order chi connectivity index (χ1) is 9.32. The van der Waals surface area contributed by atoms with Gasteiger partial charge in [0.25, 0.3) is 0 Å². The largest absolute Gasteiger partial charge is 0.368 e. The zero-order valence-corrected chi connectivity index (χ0v) is 13.9. The summed E-state index contributed by atoms with van der Waals surface area (Å²) in [6.07, 6.45) is 4.31. The molecule has 1 fully saturated rings. The number of carbonyl (C=O) groups is 1. The monoisotopic (exact) mass is 283 g/mol. The van der Waals surface area contributed by atoms with Crippen LogP contribution in [0.3, 0.4) is 0 Å². The number of hydrogen-bond donors (Lipinski definition) is 2. The van der Waals surface area contributed by atoms with Gasteiger partial charge in [-0.15, -0.1) is 0 Å². The molecule has 4 heteroatoms. The van der Waals surface area contributed by atoms with Crippen LogP contribution >= 0.6 is 0 Å². The van der Waals surface area contributed by atoms with E-state index in [2.05, 4.69) is 37.9 Å². The molecule has 1 rings (SSSR count). The number of hydrogen-bond acceptors (Lipinski definition) is 3. The first-order valence-electron chi connectivity index (χ1n) is 8.14. The summed E-state index contributed by atoms with van der Waals surface area (Å²) in [4.78, 5) is 14.3. The lowest BCUT2D eigenvalue weighted by Gasteiger charge is -2.36. The van der Waals surface area contributed by atoms with Crippen molar-refractivity contribution in [3.05, 3.63) is 0 Å². The summed E-state index contributed by atoms with van der Waals surface area (Å²) in [5.74, 6) is 0.462. The highest BCUT2D eigenvalue weighted by molar-refractivity contribution is 5.84. The van der Waals surface area contributed by atoms with E-state index in [1.165, 1.54) is 19.3 Å². The lowest BCUT2D eigenvalue weighted by atomic mass is 9.91. The number of primary amides is 1. The summed E-state index contributed by atoms with van der Waals surface area (Å²) >= 11 is 0. The van der Waals surface area contributed by atoms with Crippen molar-refractivity contribution in [1.29, 1.82) is 0 Å². The summed E-state index contributed by atoms with van der Waals surface area (Å²) in [6.45, 7) is 13.0. The lowest BCUT2D eigenvalue weighted by molar-refractivity contribution is -0.124. The van der Waals surface area contributed by atoms with Crippen LogP contribution in [0.4, 0.5) is 0 Å². The molecule has 0 heterocycles. The van der Waals surface area contributed by atoms with E-state index in [0.29, 0.717) is 18.0 Å². The highest BCUT2D eigenvalue weighted by Crippen LogP contribution is 2.26. The number of nitrogens with one attached hydrogen (secondary N) is 1. The molecule has 3 atom stereocenters. The quantitative estimate of drug-likeness (QED) is 0.646. The maximum atomic E-state index is 11.9. The second-order valence-electron chi connectivity index (χ2n) is 6.77. The van der Waals surface area contributed by atoms with E-state index in [0.717, 1.165) is 19.5 Å². The summed E-state index contributed by atoms with van der Waals surface area (Å²) in [5.41, 5.74) is 5.06. The van der Waals surface area contributed by atoms with Gasteiger partial charge in [-0.2, -0.15) is 0 Å². The number of carbonyl (C=O) groups excluding carboxylic acids is 1. The summed E-state index contributed by atoms with van der Waals surface area (Å²) in [6, 6.07) is 0.849. The lowest BCUT2D eigenvalue weighted by Crippen LogP contribution is -2.57. The van der Waals surface area contributed by atoms with Gasteiger partial charge in [0.2, 0.25) is 5.91 Å². The fraction of sp³-hybridized carbons (Fsp3) is 0.938. The Balaban J connectivity index is 2.62. The normalized spacial score (nSPS) is 21.5. The molecule has 0 radical (unpaired) electrons. The molecule has 20 heavy (non-hydrogen) atoms. The van der Waals surface area contributed by atoms with Gasteiger partial charge in [-0.05, 0) is 45.6 Å². The van der Waals surface area contributed by atoms with Crippen molar-refractivity contribution in [3.8, 4) is 0 Å². The molecule has 1 aliphatic carbocycles. The van der Waals surface area contributed by atoms with Crippen LogP contribution in [0.1, 0.15) is 60.3 Å². The molecule has 3 unspecified atom stereocenters. The van der Waals surface area contributed by atoms with Crippen LogP contribution in [0.15, 0.2) is 0 Å². The topological polar surface area (TPSA) is 58.4 Å². The Bertz CT molecular complexity index is 317. The van der Waals surface area contributed by atoms with Crippen LogP contribution in [0, 0.1) is 5.92 Å². The minimum absolute atomic E-state index is 0.226. The molecule has 3 N–H and O–H groups in total. The highest BCUT2D eigenvalue weighted by Gasteiger charge is 2.38. The smallest absolute Gasteiger partial charge is 0.237 e. The fourth-order valence-electron chi connectivity index (χ4n) is 2.78. The first-order valence-corrected chi connectivity index (χ1v) is 8.14. The van der Waals surface area contributed by atoms with Crippen molar-refractivity contribution in [2.75, 3.05) is 13.1 Å². The van der Waals surface area contributed by atoms with E-state index in [1.54, 1.807) is 0 Å². The molecule has 0 bridgehead atoms. The molecular formula is C16H33N3O. The SMILES string of the molecule is CCC(C)CN(CC)C(C)CC(C)(NC1CC1)C(N)=O. The molecular weight excluding hydrogens is 250 g/mol. The molecule has 0 aromatic carbocycles. The van der Waals surface area contributed by atoms with Crippen molar-refractivity contribution in [2.24, 2.45) is 11.7 Å². The minimum Gasteiger partial charge on any atom is -0.368 e. The van der Waals surface area contributed by atoms with Gasteiger partial charge in [-0.3, -0.25) is 4.79 Å². The molecule has 0 saturated heterocycles. The van der Waals surface area contributed by atoms with Crippen LogP contribution in [-0.4, -0.2) is 41.5 Å². The number of rotatable bonds is 10. The molecule has 1 amide bonds. The van der Waals surface area contributed by atoms with Crippen LogP contribution < -0.4 is 11.1 Å². The van der Waals surface area contributed by atoms with Gasteiger partial charge in [0.15, 0.2) is 0 Å². The number of amides is 1. The van der Waals surface area contributed by atoms with Crippen molar-refractivity contribution >= 4 is 5.91 Å². The molecule has 0 spiro atoms. The van der Waals surface area contributed by atoms with Crippen molar-refractivity contribution in [2.45, 2.75) is 77.9 Å². The zero-order chi connectivity index (χ0) is 15.3. The van der Waals surface area contributed by atoms with Crippen LogP contribution in [0.5, 0.6) is 0 Å². The Hall–Kier alpha value is -0.610. The van der Waals surface area contributed by atoms with Gasteiger partial charge >= 0.3 is 0 Å². The Morgan fingerprint density at radius 3 is 2.40 bits per heavy atom. The van der Waals surface area contributed by atoms with Crippen LogP contribution in [-0.2, 0) is 4.79 Å². The predicted octanol–water partition coefficient (Wildman–Crippen LogP) is 2.13. The Labute approximate surface area is 124 Å². The molecule has 0 aromatic heterocycles. The van der Waals surface area contributed by atoms with E-state index in [1.807, 2.05) is 6.92 Å². The third-order valence-electron chi connectivity index (χ3n) is 4.62. The highest BCUT2D eigenvalue weighted by atomic mass is 16.1. The minimum atomic E-state index is -0.580. The Kier molecular flexibility index (Phi) is 6.46. The van der Waals surface area contributed by atoms with Gasteiger partial charge in [0.1, 0.15) is 0 Å². The molecule has 118 valence electrons. The van der Waals surface area contributed by atoms with Gasteiger partial charge < -0.3 is 16.0 Å². The zero-order valence-electron chi connectivity index (χ0n) is 13.9. The maximum absolute atomic E-state index is 11.9. The van der Waals surface area contributed by atoms with Crippen molar-refractivity contribution in [1.82, 2.24) is 10.2 Å². The number of nitrogens with two attached hydrogens (primary N) is 1. The van der Waals surface area contributed by atoms with Crippen LogP contribution in [0.2, 0.25) is 0 Å². The summed E-state index contributed by atoms with van der Waals surface area (Å²) < 4.78 is 0. The molecule has 1 aliphatic rings. The first kappa shape index (κ1) is 17.4. The third kappa shape index (κ3) is 5.06. The second-order valence-corrected chi connectivity index (χ2v) is 6.77.